The number of methoxy groups -OCH3 is 2. The lowest BCUT2D eigenvalue weighted by Crippen LogP contribution is -2.52. The topological polar surface area (TPSA) is 88.2 Å². The molecule has 2 aromatic rings. The maximum atomic E-state index is 13.0. The molecule has 0 radical (unpaired) electrons. The van der Waals surface area contributed by atoms with Crippen LogP contribution < -0.4 is 14.8 Å². The highest BCUT2D eigenvalue weighted by Crippen LogP contribution is 2.30. The molecule has 0 atom stereocenters. The highest BCUT2D eigenvalue weighted by atomic mass is 32.2. The van der Waals surface area contributed by atoms with Crippen molar-refractivity contribution in [3.63, 3.8) is 0 Å². The molecule has 2 aromatic carbocycles. The number of hydrogen-bond donors (Lipinski definition) is 1. The maximum absolute atomic E-state index is 13.0. The molecule has 174 valence electrons. The highest BCUT2D eigenvalue weighted by Gasteiger charge is 2.30. The minimum Gasteiger partial charge on any atom is -0.493 e. The van der Waals surface area contributed by atoms with Gasteiger partial charge in [-0.25, -0.2) is 13.2 Å². The molecule has 0 saturated carbocycles. The van der Waals surface area contributed by atoms with Gasteiger partial charge in [-0.05, 0) is 29.7 Å². The Kier molecular flexibility index (Phi) is 7.63. The molecular formula is C23H31N3O5S. The van der Waals surface area contributed by atoms with Crippen molar-refractivity contribution in [2.24, 2.45) is 0 Å². The normalized spacial score (nSPS) is 15.0. The monoisotopic (exact) mass is 461 g/mol. The van der Waals surface area contributed by atoms with Gasteiger partial charge in [0.1, 0.15) is 0 Å². The number of carbonyl (C=O) groups excluding carboxylic acids is 1. The average Bonchev–Trinajstić information content (AvgIpc) is 2.82. The van der Waals surface area contributed by atoms with E-state index in [1.54, 1.807) is 37.3 Å². The molecule has 1 aliphatic heterocycles. The van der Waals surface area contributed by atoms with Crippen LogP contribution in [0.4, 0.5) is 4.79 Å². The molecule has 0 aromatic heterocycles. The average molecular weight is 462 g/mol. The predicted octanol–water partition coefficient (Wildman–Crippen LogP) is 3.04. The number of amides is 2. The molecule has 9 heteroatoms. The summed E-state index contributed by atoms with van der Waals surface area (Å²) in [5.41, 5.74) is 1.89. The van der Waals surface area contributed by atoms with Gasteiger partial charge in [0.2, 0.25) is 10.0 Å². The Morgan fingerprint density at radius 2 is 1.66 bits per heavy atom. The van der Waals surface area contributed by atoms with Gasteiger partial charge in [0.25, 0.3) is 0 Å². The number of hydrogen-bond acceptors (Lipinski definition) is 5. The van der Waals surface area contributed by atoms with E-state index in [0.717, 1.165) is 11.1 Å². The molecular weight excluding hydrogens is 430 g/mol. The molecule has 8 nitrogen and oxygen atoms in total. The summed E-state index contributed by atoms with van der Waals surface area (Å²) in [6.45, 7) is 5.57. The first kappa shape index (κ1) is 23.9. The van der Waals surface area contributed by atoms with E-state index in [9.17, 15) is 13.2 Å². The third kappa shape index (κ3) is 5.16. The van der Waals surface area contributed by atoms with E-state index in [-0.39, 0.29) is 30.6 Å². The highest BCUT2D eigenvalue weighted by molar-refractivity contribution is 7.89. The summed E-state index contributed by atoms with van der Waals surface area (Å²) in [6.07, 6.45) is 0. The second-order valence-electron chi connectivity index (χ2n) is 7.93. The van der Waals surface area contributed by atoms with E-state index in [1.165, 1.54) is 4.31 Å². The Balaban J connectivity index is 1.58. The zero-order valence-electron chi connectivity index (χ0n) is 19.0. The van der Waals surface area contributed by atoms with Gasteiger partial charge >= 0.3 is 6.03 Å². The Bertz CT molecular complexity index is 1030. The van der Waals surface area contributed by atoms with Gasteiger partial charge in [0.15, 0.2) is 11.5 Å². The Morgan fingerprint density at radius 1 is 1.00 bits per heavy atom. The minimum absolute atomic E-state index is 0.242. The fourth-order valence-electron chi connectivity index (χ4n) is 3.68. The molecule has 1 heterocycles. The summed E-state index contributed by atoms with van der Waals surface area (Å²) in [5, 5.41) is 2.88. The Labute approximate surface area is 190 Å². The number of para-hydroxylation sites is 1. The van der Waals surface area contributed by atoms with Crippen LogP contribution in [0.3, 0.4) is 0 Å². The molecule has 1 fully saturated rings. The third-order valence-corrected chi connectivity index (χ3v) is 7.54. The van der Waals surface area contributed by atoms with Crippen LogP contribution in [0.15, 0.2) is 47.4 Å². The van der Waals surface area contributed by atoms with Gasteiger partial charge in [-0.3, -0.25) is 0 Å². The van der Waals surface area contributed by atoms with Gasteiger partial charge in [0.05, 0.1) is 19.1 Å². The van der Waals surface area contributed by atoms with Crippen LogP contribution in [-0.2, 0) is 16.6 Å². The molecule has 0 aliphatic carbocycles. The fourth-order valence-corrected chi connectivity index (χ4v) is 5.10. The number of nitrogens with one attached hydrogen (secondary N) is 1. The summed E-state index contributed by atoms with van der Waals surface area (Å²) in [4.78, 5) is 14.5. The van der Waals surface area contributed by atoms with Gasteiger partial charge in [-0.2, -0.15) is 4.31 Å². The number of ether oxygens (including phenoxy) is 2. The van der Waals surface area contributed by atoms with Crippen molar-refractivity contribution >= 4 is 16.1 Å². The molecule has 3 rings (SSSR count). The summed E-state index contributed by atoms with van der Waals surface area (Å²) < 4.78 is 38.1. The first-order valence-corrected chi connectivity index (χ1v) is 12.0. The van der Waals surface area contributed by atoms with Crippen molar-refractivity contribution in [2.75, 3.05) is 40.4 Å². The second-order valence-corrected chi connectivity index (χ2v) is 9.86. The molecule has 0 bridgehead atoms. The van der Waals surface area contributed by atoms with Gasteiger partial charge in [-0.15, -0.1) is 0 Å². The van der Waals surface area contributed by atoms with Gasteiger partial charge in [0, 0.05) is 38.3 Å². The van der Waals surface area contributed by atoms with Crippen LogP contribution in [0.5, 0.6) is 11.5 Å². The molecule has 1 N–H and O–H groups in total. The van der Waals surface area contributed by atoms with E-state index in [2.05, 4.69) is 19.2 Å². The largest absolute Gasteiger partial charge is 0.493 e. The summed E-state index contributed by atoms with van der Waals surface area (Å²) in [5.74, 6) is 1.51. The molecule has 0 spiro atoms. The Hall–Kier alpha value is -2.78. The lowest BCUT2D eigenvalue weighted by Gasteiger charge is -2.34. The third-order valence-electron chi connectivity index (χ3n) is 5.62. The number of sulfonamides is 1. The Morgan fingerprint density at radius 3 is 2.22 bits per heavy atom. The molecule has 1 saturated heterocycles. The van der Waals surface area contributed by atoms with Crippen molar-refractivity contribution in [3.8, 4) is 11.5 Å². The number of piperazine rings is 1. The van der Waals surface area contributed by atoms with Crippen LogP contribution in [0.25, 0.3) is 0 Å². The van der Waals surface area contributed by atoms with Crippen LogP contribution >= 0.6 is 0 Å². The predicted molar refractivity (Wildman–Crippen MR) is 123 cm³/mol. The van der Waals surface area contributed by atoms with Crippen molar-refractivity contribution in [1.82, 2.24) is 14.5 Å². The van der Waals surface area contributed by atoms with E-state index >= 15 is 0 Å². The van der Waals surface area contributed by atoms with E-state index in [4.69, 9.17) is 9.47 Å². The zero-order valence-corrected chi connectivity index (χ0v) is 19.8. The van der Waals surface area contributed by atoms with Crippen LogP contribution in [0.2, 0.25) is 0 Å². The summed E-state index contributed by atoms with van der Waals surface area (Å²) in [6, 6.07) is 12.3. The fraction of sp³-hybridized carbons (Fsp3) is 0.435. The number of rotatable bonds is 7. The zero-order chi connectivity index (χ0) is 23.3. The van der Waals surface area contributed by atoms with Crippen LogP contribution in [0, 0.1) is 0 Å². The van der Waals surface area contributed by atoms with Gasteiger partial charge < -0.3 is 19.7 Å². The first-order valence-electron chi connectivity index (χ1n) is 10.6. The number of urea groups is 1. The number of carbonyl (C=O) groups is 1. The van der Waals surface area contributed by atoms with E-state index < -0.39 is 10.0 Å². The SMILES string of the molecule is COc1cccc(CNC(=O)N2CCN(S(=O)(=O)c3ccc(C(C)C)cc3)CC2)c1OC. The quantitative estimate of drug-likeness (QED) is 0.685. The summed E-state index contributed by atoms with van der Waals surface area (Å²) >= 11 is 0. The maximum Gasteiger partial charge on any atom is 0.317 e. The smallest absolute Gasteiger partial charge is 0.317 e. The van der Waals surface area contributed by atoms with E-state index in [0.29, 0.717) is 30.5 Å². The molecule has 1 aliphatic rings. The van der Waals surface area contributed by atoms with Crippen molar-refractivity contribution in [1.29, 1.82) is 0 Å². The number of nitrogens with zero attached hydrogens (tertiary/aromatic N) is 2. The van der Waals surface area contributed by atoms with E-state index in [1.807, 2.05) is 24.3 Å². The molecule has 2 amide bonds. The molecule has 0 unspecified atom stereocenters. The number of benzene rings is 2. The lowest BCUT2D eigenvalue weighted by molar-refractivity contribution is 0.172. The van der Waals surface area contributed by atoms with Crippen molar-refractivity contribution in [3.05, 3.63) is 53.6 Å². The van der Waals surface area contributed by atoms with Crippen LogP contribution in [-0.4, -0.2) is 64.1 Å². The second kappa shape index (κ2) is 10.2. The van der Waals surface area contributed by atoms with Crippen molar-refractivity contribution in [2.45, 2.75) is 31.2 Å². The van der Waals surface area contributed by atoms with Gasteiger partial charge in [-0.1, -0.05) is 38.1 Å². The minimum atomic E-state index is -3.58. The van der Waals surface area contributed by atoms with Crippen molar-refractivity contribution < 1.29 is 22.7 Å². The summed E-state index contributed by atoms with van der Waals surface area (Å²) in [7, 11) is -0.464. The molecule has 32 heavy (non-hydrogen) atoms. The first-order chi connectivity index (χ1) is 15.3. The van der Waals surface area contributed by atoms with Crippen LogP contribution in [0.1, 0.15) is 30.9 Å². The lowest BCUT2D eigenvalue weighted by atomic mass is 10.0. The standard InChI is InChI=1S/C23H31N3O5S/c1-17(2)18-8-10-20(11-9-18)32(28,29)26-14-12-25(13-15-26)23(27)24-16-19-6-5-7-21(30-3)22(19)31-4/h5-11,17H,12-16H2,1-4H3,(H,24,27).